The molecule has 3 aromatic carbocycles. The quantitative estimate of drug-likeness (QED) is 0.327. The van der Waals surface area contributed by atoms with Crippen molar-refractivity contribution in [1.82, 2.24) is 4.57 Å². The van der Waals surface area contributed by atoms with Crippen LogP contribution in [-0.2, 0) is 5.54 Å². The molecule has 2 nitrogen and oxygen atoms in total. The summed E-state index contributed by atoms with van der Waals surface area (Å²) >= 11 is 0. The molecule has 160 valence electrons. The maximum absolute atomic E-state index is 8.82. The van der Waals surface area contributed by atoms with Gasteiger partial charge in [-0.1, -0.05) is 85.6 Å². The Bertz CT molecular complexity index is 1410. The SMILES string of the molecule is [2H]C([2H])([2H])c1n(-c2ccccc2C)c(C)c2[n+]1C(c1ccccc1)(C1CCCC1)c1ccccc1-2. The summed E-state index contributed by atoms with van der Waals surface area (Å²) in [4.78, 5) is 0. The first kappa shape index (κ1) is 16.5. The molecule has 2 heterocycles. The first-order valence-corrected chi connectivity index (χ1v) is 11.8. The highest BCUT2D eigenvalue weighted by molar-refractivity contribution is 5.71. The Hall–Kier alpha value is -3.13. The van der Waals surface area contributed by atoms with Gasteiger partial charge in [0.1, 0.15) is 5.69 Å². The van der Waals surface area contributed by atoms with Crippen LogP contribution in [0.5, 0.6) is 0 Å². The summed E-state index contributed by atoms with van der Waals surface area (Å²) in [6.45, 7) is 1.84. The Morgan fingerprint density at radius 2 is 1.56 bits per heavy atom. The molecule has 1 aliphatic heterocycles. The minimum absolute atomic E-state index is 0.325. The van der Waals surface area contributed by atoms with Crippen LogP contribution in [0, 0.1) is 26.6 Å². The molecule has 32 heavy (non-hydrogen) atoms. The lowest BCUT2D eigenvalue weighted by atomic mass is 9.72. The third kappa shape index (κ3) is 2.44. The van der Waals surface area contributed by atoms with Crippen LogP contribution in [0.1, 0.15) is 58.0 Å². The number of aromatic nitrogens is 2. The van der Waals surface area contributed by atoms with E-state index in [0.29, 0.717) is 11.7 Å². The molecular weight excluding hydrogens is 388 g/mol. The normalized spacial score (nSPS) is 21.6. The van der Waals surface area contributed by atoms with E-state index in [-0.39, 0.29) is 0 Å². The fraction of sp³-hybridized carbons (Fsp3) is 0.300. The van der Waals surface area contributed by atoms with Gasteiger partial charge in [0, 0.05) is 40.5 Å². The van der Waals surface area contributed by atoms with Crippen molar-refractivity contribution in [3.8, 4) is 16.9 Å². The molecule has 1 aromatic heterocycles. The summed E-state index contributed by atoms with van der Waals surface area (Å²) in [6.07, 6.45) is 4.53. The Labute approximate surface area is 195 Å². The Kier molecular flexibility index (Phi) is 3.71. The molecule has 0 N–H and O–H groups in total. The minimum atomic E-state index is -2.30. The predicted octanol–water partition coefficient (Wildman–Crippen LogP) is 6.65. The maximum atomic E-state index is 8.82. The molecule has 1 aliphatic carbocycles. The van der Waals surface area contributed by atoms with Gasteiger partial charge in [-0.2, -0.15) is 4.57 Å². The summed E-state index contributed by atoms with van der Waals surface area (Å²) in [5, 5.41) is 0. The van der Waals surface area contributed by atoms with Crippen molar-refractivity contribution in [2.45, 2.75) is 51.9 Å². The van der Waals surface area contributed by atoms with Crippen molar-refractivity contribution in [2.75, 3.05) is 0 Å². The van der Waals surface area contributed by atoms with Gasteiger partial charge in [0.2, 0.25) is 0 Å². The number of nitrogens with zero attached hydrogens (tertiary/aromatic N) is 2. The molecule has 1 fully saturated rings. The second kappa shape index (κ2) is 7.20. The number of fused-ring (bicyclic) bond motifs is 3. The van der Waals surface area contributed by atoms with Crippen molar-refractivity contribution in [1.29, 1.82) is 0 Å². The topological polar surface area (TPSA) is 8.81 Å². The summed E-state index contributed by atoms with van der Waals surface area (Å²) in [6, 6.07) is 27.3. The van der Waals surface area contributed by atoms with Gasteiger partial charge in [-0.3, -0.25) is 0 Å². The fourth-order valence-corrected chi connectivity index (χ4v) is 6.50. The molecule has 0 spiro atoms. The van der Waals surface area contributed by atoms with E-state index in [1.54, 1.807) is 0 Å². The van der Waals surface area contributed by atoms with E-state index in [1.807, 2.05) is 28.8 Å². The lowest BCUT2D eigenvalue weighted by Crippen LogP contribution is -2.60. The van der Waals surface area contributed by atoms with E-state index in [2.05, 4.69) is 73.0 Å². The van der Waals surface area contributed by atoms with Gasteiger partial charge >= 0.3 is 0 Å². The van der Waals surface area contributed by atoms with Crippen LogP contribution in [0.25, 0.3) is 16.9 Å². The third-order valence-electron chi connectivity index (χ3n) is 7.79. The molecular formula is C30H31N2+. The first-order chi connectivity index (χ1) is 16.9. The van der Waals surface area contributed by atoms with Crippen molar-refractivity contribution in [3.63, 3.8) is 0 Å². The van der Waals surface area contributed by atoms with Crippen molar-refractivity contribution < 1.29 is 8.68 Å². The smallest absolute Gasteiger partial charge is 0.212 e. The highest BCUT2D eigenvalue weighted by Crippen LogP contribution is 2.52. The lowest BCUT2D eigenvalue weighted by Gasteiger charge is -2.35. The standard InChI is InChI=1S/C30H31N2/c1-21-13-7-12-20-28(21)31-22(2)29-26-18-10-11-19-27(26)30(32(29)23(31)3,25-16-8-9-17-25)24-14-5-4-6-15-24/h4-7,10-15,18-20,25H,8-9,16-17H2,1-3H3/q+1/i3D3. The molecule has 6 rings (SSSR count). The molecule has 0 bridgehead atoms. The van der Waals surface area contributed by atoms with Crippen LogP contribution in [0.3, 0.4) is 0 Å². The molecule has 1 saturated carbocycles. The Balaban J connectivity index is 1.83. The zero-order valence-electron chi connectivity index (χ0n) is 21.8. The molecule has 0 radical (unpaired) electrons. The van der Waals surface area contributed by atoms with Gasteiger partial charge in [0.05, 0.1) is 0 Å². The van der Waals surface area contributed by atoms with Crippen molar-refractivity contribution in [2.24, 2.45) is 5.92 Å². The second-order valence-corrected chi connectivity index (χ2v) is 9.37. The van der Waals surface area contributed by atoms with Gasteiger partial charge in [-0.05, 0) is 31.4 Å². The van der Waals surface area contributed by atoms with Crippen LogP contribution in [0.2, 0.25) is 0 Å². The number of benzene rings is 3. The van der Waals surface area contributed by atoms with E-state index >= 15 is 0 Å². The highest BCUT2D eigenvalue weighted by atomic mass is 15.2. The van der Waals surface area contributed by atoms with Crippen LogP contribution in [-0.4, -0.2) is 4.57 Å². The summed E-state index contributed by atoms with van der Waals surface area (Å²) in [5.41, 5.74) is 7.03. The summed E-state index contributed by atoms with van der Waals surface area (Å²) in [7, 11) is 0. The van der Waals surface area contributed by atoms with Crippen LogP contribution in [0.4, 0.5) is 0 Å². The summed E-state index contributed by atoms with van der Waals surface area (Å²) < 4.78 is 30.7. The fourth-order valence-electron chi connectivity index (χ4n) is 6.50. The lowest BCUT2D eigenvalue weighted by molar-refractivity contribution is -0.741. The average molecular weight is 423 g/mol. The number of para-hydroxylation sites is 1. The highest BCUT2D eigenvalue weighted by Gasteiger charge is 2.57. The van der Waals surface area contributed by atoms with Gasteiger partial charge in [-0.25, -0.2) is 4.57 Å². The zero-order valence-corrected chi connectivity index (χ0v) is 18.8. The summed E-state index contributed by atoms with van der Waals surface area (Å²) in [5.74, 6) is 0.719. The monoisotopic (exact) mass is 422 g/mol. The molecule has 2 heteroatoms. The molecule has 1 atom stereocenters. The van der Waals surface area contributed by atoms with E-state index in [0.717, 1.165) is 41.0 Å². The third-order valence-corrected chi connectivity index (χ3v) is 7.79. The molecule has 1 unspecified atom stereocenters. The predicted molar refractivity (Wildman–Crippen MR) is 130 cm³/mol. The number of rotatable bonds is 3. The largest absolute Gasteiger partial charge is 0.260 e. The average Bonchev–Trinajstić information content (AvgIpc) is 3.55. The molecule has 4 aromatic rings. The van der Waals surface area contributed by atoms with Gasteiger partial charge < -0.3 is 0 Å². The zero-order chi connectivity index (χ0) is 24.4. The van der Waals surface area contributed by atoms with E-state index in [4.69, 9.17) is 4.11 Å². The van der Waals surface area contributed by atoms with E-state index < -0.39 is 12.4 Å². The number of imidazole rings is 1. The Morgan fingerprint density at radius 3 is 2.31 bits per heavy atom. The van der Waals surface area contributed by atoms with E-state index in [9.17, 15) is 0 Å². The van der Waals surface area contributed by atoms with Crippen LogP contribution < -0.4 is 4.57 Å². The number of aryl methyl sites for hydroxylation is 1. The van der Waals surface area contributed by atoms with E-state index in [1.165, 1.54) is 24.0 Å². The minimum Gasteiger partial charge on any atom is -0.212 e. The number of hydrogen-bond acceptors (Lipinski definition) is 0. The maximum Gasteiger partial charge on any atom is 0.260 e. The van der Waals surface area contributed by atoms with Crippen LogP contribution >= 0.6 is 0 Å². The Morgan fingerprint density at radius 1 is 0.875 bits per heavy atom. The molecule has 0 amide bonds. The molecule has 0 saturated heterocycles. The van der Waals surface area contributed by atoms with Crippen LogP contribution in [0.15, 0.2) is 78.9 Å². The van der Waals surface area contributed by atoms with Gasteiger partial charge in [0.25, 0.3) is 5.82 Å². The van der Waals surface area contributed by atoms with Crippen molar-refractivity contribution in [3.05, 3.63) is 107 Å². The van der Waals surface area contributed by atoms with Crippen molar-refractivity contribution >= 4 is 0 Å². The first-order valence-electron chi connectivity index (χ1n) is 13.3. The number of hydrogen-bond donors (Lipinski definition) is 0. The van der Waals surface area contributed by atoms with Gasteiger partial charge in [0.15, 0.2) is 16.9 Å². The molecule has 2 aliphatic rings. The second-order valence-electron chi connectivity index (χ2n) is 9.37. The van der Waals surface area contributed by atoms with Gasteiger partial charge in [-0.15, -0.1) is 0 Å².